The van der Waals surface area contributed by atoms with E-state index in [0.717, 1.165) is 32.1 Å². The van der Waals surface area contributed by atoms with Crippen molar-refractivity contribution in [3.05, 3.63) is 48.1 Å². The van der Waals surface area contributed by atoms with E-state index in [2.05, 4.69) is 6.58 Å². The minimum absolute atomic E-state index is 0.0187. The molecule has 2 heterocycles. The molecule has 2 aliphatic heterocycles. The molecule has 24 nitrogen and oxygen atoms in total. The van der Waals surface area contributed by atoms with Crippen molar-refractivity contribution in [2.45, 2.75) is 328 Å². The summed E-state index contributed by atoms with van der Waals surface area (Å²) in [6.07, 6.45) is -18.6. The minimum Gasteiger partial charge on any atom is -0.396 e. The van der Waals surface area contributed by atoms with Crippen LogP contribution in [0.2, 0.25) is 0 Å². The van der Waals surface area contributed by atoms with Gasteiger partial charge >= 0.3 is 0 Å². The van der Waals surface area contributed by atoms with E-state index in [1.54, 1.807) is 32.9 Å². The molecule has 0 aromatic carbocycles. The first kappa shape index (κ1) is 84.1. The lowest BCUT2D eigenvalue weighted by atomic mass is 9.85. The smallest absolute Gasteiger partial charge is 0.138 e. The Morgan fingerprint density at radius 1 is 0.522 bits per heavy atom. The van der Waals surface area contributed by atoms with Gasteiger partial charge in [0.1, 0.15) is 72.9 Å². The molecule has 25 heteroatoms. The summed E-state index contributed by atoms with van der Waals surface area (Å²) in [5.74, 6) is -1.87. The Hall–Kier alpha value is -2.00. The Balaban J connectivity index is 1.79. The maximum atomic E-state index is 12.1. The number of rotatable bonds is 49. The van der Waals surface area contributed by atoms with Gasteiger partial charge in [-0.3, -0.25) is 4.79 Å². The molecule has 528 valence electrons. The van der Waals surface area contributed by atoms with Crippen LogP contribution in [0.15, 0.2) is 48.1 Å². The summed E-state index contributed by atoms with van der Waals surface area (Å²) in [6.45, 7) is 8.71. The fourth-order valence-corrected chi connectivity index (χ4v) is 11.9. The van der Waals surface area contributed by atoms with Gasteiger partial charge < -0.3 is 117 Å². The lowest BCUT2D eigenvalue weighted by molar-refractivity contribution is -0.250. The molecule has 0 radical (unpaired) electrons. The zero-order chi connectivity index (χ0) is 67.8. The quantitative estimate of drug-likeness (QED) is 0.0222. The van der Waals surface area contributed by atoms with Gasteiger partial charge in [-0.2, -0.15) is 0 Å². The van der Waals surface area contributed by atoms with Crippen LogP contribution in [-0.4, -0.2) is 266 Å². The topological polar surface area (TPSA) is 460 Å². The van der Waals surface area contributed by atoms with E-state index in [9.17, 15) is 107 Å². The van der Waals surface area contributed by atoms with Crippen LogP contribution >= 0.6 is 11.6 Å². The summed E-state index contributed by atoms with van der Waals surface area (Å²) in [6, 6.07) is 0. The van der Waals surface area contributed by atoms with Gasteiger partial charge in [0.05, 0.1) is 79.4 Å². The number of aliphatic hydroxyl groups excluding tert-OH is 21. The van der Waals surface area contributed by atoms with Crippen LogP contribution in [0.1, 0.15) is 181 Å². The number of hydrogen-bond donors (Lipinski definition) is 21. The first-order valence-corrected chi connectivity index (χ1v) is 33.2. The molecule has 90 heavy (non-hydrogen) atoms. The van der Waals surface area contributed by atoms with E-state index in [1.165, 1.54) is 11.6 Å². The third-order valence-corrected chi connectivity index (χ3v) is 18.3. The van der Waals surface area contributed by atoms with Crippen LogP contribution in [0.4, 0.5) is 0 Å². The van der Waals surface area contributed by atoms with Gasteiger partial charge in [0, 0.05) is 37.8 Å². The number of ketones is 1. The molecule has 2 saturated heterocycles. The highest BCUT2D eigenvalue weighted by atomic mass is 35.5. The molecule has 27 atom stereocenters. The summed E-state index contributed by atoms with van der Waals surface area (Å²) in [4.78, 5) is 12.1. The Morgan fingerprint density at radius 3 is 1.66 bits per heavy atom. The fourth-order valence-electron chi connectivity index (χ4n) is 11.8. The van der Waals surface area contributed by atoms with Crippen LogP contribution in [0.25, 0.3) is 0 Å². The molecule has 27 unspecified atom stereocenters. The SMILES string of the molecule is C=C(CCC(O)C1OC(CC(O)C(O)C(C)CCCC(O)C(O)C(O)C(C)CCC(O)C(O)C(C)CCCC(O)CCCC(O)CC(=O)CC(O)CCCO)C(O)C(O)C1O)C(O)C(O)C1CC(O)C(O)C(C(O)C(O)C=CCCCCCCC=CC=CCl)O1. The highest BCUT2D eigenvalue weighted by molar-refractivity contribution is 6.25. The predicted molar refractivity (Wildman–Crippen MR) is 335 cm³/mol. The lowest BCUT2D eigenvalue weighted by Gasteiger charge is -2.43. The molecule has 2 fully saturated rings. The van der Waals surface area contributed by atoms with E-state index in [0.29, 0.717) is 57.8 Å². The standard InChI is InChI=1S/C65H117ClO24/c1-37(19-15-21-41(68)22-17-23-42(69)33-44(71)34-43(70)24-18-32-67)53(78)47(74)29-27-39(3)55(80)57(82)45(72)26-16-20-38(2)54(79)49(76)35-52-61(86)62(87)63(88)64(89-52)48(75)30-28-40(4)56(81)60(85)51-36-50(77)59(84)65(90-51)58(83)46(73)25-13-11-9-7-5-6-8-10-12-14-31-66/h10,12-14,25,31,37-39,41-43,45-65,67-70,72-88H,4-9,11,15-24,26-30,32-36H2,1-3H3. The van der Waals surface area contributed by atoms with Crippen molar-refractivity contribution in [2.24, 2.45) is 17.8 Å². The van der Waals surface area contributed by atoms with E-state index in [-0.39, 0.29) is 88.1 Å². The van der Waals surface area contributed by atoms with Gasteiger partial charge in [0.25, 0.3) is 0 Å². The summed E-state index contributed by atoms with van der Waals surface area (Å²) in [7, 11) is 0. The molecule has 2 aliphatic rings. The van der Waals surface area contributed by atoms with Crippen LogP contribution in [0.3, 0.4) is 0 Å². The number of allylic oxidation sites excluding steroid dienone is 4. The Morgan fingerprint density at radius 2 is 1.06 bits per heavy atom. The number of carbonyl (C=O) groups is 1. The van der Waals surface area contributed by atoms with Crippen LogP contribution < -0.4 is 0 Å². The summed E-state index contributed by atoms with van der Waals surface area (Å²) >= 11 is 5.49. The van der Waals surface area contributed by atoms with Crippen molar-refractivity contribution in [1.82, 2.24) is 0 Å². The number of unbranched alkanes of at least 4 members (excludes halogenated alkanes) is 5. The first-order valence-electron chi connectivity index (χ1n) is 32.8. The second-order valence-corrected chi connectivity index (χ2v) is 26.1. The second-order valence-electron chi connectivity index (χ2n) is 25.9. The number of halogens is 1. The summed E-state index contributed by atoms with van der Waals surface area (Å²) < 4.78 is 11.6. The minimum atomic E-state index is -1.87. The predicted octanol–water partition coefficient (Wildman–Crippen LogP) is 0.383. The highest BCUT2D eigenvalue weighted by Crippen LogP contribution is 2.33. The normalized spacial score (nSPS) is 28.1. The van der Waals surface area contributed by atoms with Gasteiger partial charge in [-0.1, -0.05) is 95.0 Å². The van der Waals surface area contributed by atoms with Crippen molar-refractivity contribution in [3.8, 4) is 0 Å². The largest absolute Gasteiger partial charge is 0.396 e. The first-order chi connectivity index (χ1) is 42.5. The van der Waals surface area contributed by atoms with Crippen LogP contribution in [0, 0.1) is 17.8 Å². The molecule has 0 amide bonds. The average molecular weight is 1320 g/mol. The molecule has 21 N–H and O–H groups in total. The fraction of sp³-hybridized carbons (Fsp3) is 0.862. The van der Waals surface area contributed by atoms with Gasteiger partial charge in [-0.15, -0.1) is 0 Å². The summed E-state index contributed by atoms with van der Waals surface area (Å²) in [5, 5.41) is 225. The number of carbonyl (C=O) groups excluding carboxylic acids is 1. The third kappa shape index (κ3) is 30.4. The van der Waals surface area contributed by atoms with Gasteiger partial charge in [0.15, 0.2) is 0 Å². The molecule has 0 bridgehead atoms. The monoisotopic (exact) mass is 1320 g/mol. The van der Waals surface area contributed by atoms with Crippen molar-refractivity contribution >= 4 is 17.4 Å². The van der Waals surface area contributed by atoms with Crippen molar-refractivity contribution in [1.29, 1.82) is 0 Å². The zero-order valence-electron chi connectivity index (χ0n) is 53.1. The Kier molecular flexibility index (Phi) is 42.5. The van der Waals surface area contributed by atoms with E-state index in [4.69, 9.17) is 26.2 Å². The maximum Gasteiger partial charge on any atom is 0.138 e. The molecular weight excluding hydrogens is 1200 g/mol. The third-order valence-electron chi connectivity index (χ3n) is 18.1. The van der Waals surface area contributed by atoms with E-state index < -0.39 is 165 Å². The summed E-state index contributed by atoms with van der Waals surface area (Å²) in [5.41, 5.74) is 1.38. The molecule has 0 saturated carbocycles. The molecule has 0 aromatic heterocycles. The molecule has 0 spiro atoms. The number of aliphatic hydroxyl groups is 21. The second kappa shape index (κ2) is 45.4. The van der Waals surface area contributed by atoms with Crippen molar-refractivity contribution < 1.29 is 122 Å². The van der Waals surface area contributed by atoms with Gasteiger partial charge in [-0.25, -0.2) is 0 Å². The Bertz CT molecular complexity index is 1990. The Labute approximate surface area is 537 Å². The van der Waals surface area contributed by atoms with Crippen molar-refractivity contribution in [2.75, 3.05) is 6.61 Å². The van der Waals surface area contributed by atoms with Crippen molar-refractivity contribution in [3.63, 3.8) is 0 Å². The van der Waals surface area contributed by atoms with E-state index in [1.807, 2.05) is 12.2 Å². The lowest BCUT2D eigenvalue weighted by Crippen LogP contribution is -2.61. The van der Waals surface area contributed by atoms with Gasteiger partial charge in [0.2, 0.25) is 0 Å². The van der Waals surface area contributed by atoms with E-state index >= 15 is 0 Å². The zero-order valence-corrected chi connectivity index (χ0v) is 53.9. The highest BCUT2D eigenvalue weighted by Gasteiger charge is 2.49. The average Bonchev–Trinajstić information content (AvgIpc) is 0.959. The maximum absolute atomic E-state index is 12.1. The molecular formula is C65H117ClO24. The van der Waals surface area contributed by atoms with Gasteiger partial charge in [-0.05, 0) is 132 Å². The number of hydrogen-bond acceptors (Lipinski definition) is 24. The number of ether oxygens (including phenoxy) is 2. The van der Waals surface area contributed by atoms with Crippen LogP contribution in [0.5, 0.6) is 0 Å². The number of Topliss-reactive ketones (excluding diaryl/α,β-unsaturated/α-hetero) is 1. The molecule has 0 aliphatic carbocycles. The molecule has 0 aromatic rings. The van der Waals surface area contributed by atoms with Crippen LogP contribution in [-0.2, 0) is 14.3 Å². The molecule has 2 rings (SSSR count).